The van der Waals surface area contributed by atoms with E-state index in [0.29, 0.717) is 22.9 Å². The van der Waals surface area contributed by atoms with Crippen molar-refractivity contribution in [3.8, 4) is 0 Å². The maximum Gasteiger partial charge on any atom is 0.276 e. The molecule has 41 heavy (non-hydrogen) atoms. The number of carbonyl (C=O) groups is 2. The molecule has 3 aliphatic rings. The van der Waals surface area contributed by atoms with E-state index in [2.05, 4.69) is 35.5 Å². The molecular formula is C27H31F4N7O3. The summed E-state index contributed by atoms with van der Waals surface area (Å²) >= 11 is 0. The highest BCUT2D eigenvalue weighted by molar-refractivity contribution is 5.93. The number of nitrogens with one attached hydrogen (secondary N) is 2. The smallest absolute Gasteiger partial charge is 0.276 e. The van der Waals surface area contributed by atoms with Gasteiger partial charge < -0.3 is 10.6 Å². The van der Waals surface area contributed by atoms with Gasteiger partial charge in [-0.1, -0.05) is 5.16 Å². The third-order valence-electron chi connectivity index (χ3n) is 8.45. The lowest BCUT2D eigenvalue weighted by molar-refractivity contribution is -0.134. The molecule has 3 fully saturated rings. The van der Waals surface area contributed by atoms with Crippen LogP contribution in [0, 0.1) is 24.7 Å². The van der Waals surface area contributed by atoms with Crippen molar-refractivity contribution in [2.24, 2.45) is 17.8 Å². The maximum absolute atomic E-state index is 13.9. The first kappa shape index (κ1) is 27.6. The Labute approximate surface area is 232 Å². The van der Waals surface area contributed by atoms with E-state index in [0.717, 1.165) is 12.8 Å². The standard InChI is InChI=1S/C27H31F4N7O3/c1-14-21(37-41-36-14)24(40)35-23(17-4-7-26(28,29)8-5-17)19-13-38-9-6-18(32-25(38)33-19)22(16-2-3-16)34-20(39)10-15-11-27(30,31)12-15/h6,9,13,15-17,22-23H,2-5,7-8,10-12H2,1H3,(H,34,39)(H,35,40)/t22-,23-/m0/s1. The van der Waals surface area contributed by atoms with Gasteiger partial charge in [0.15, 0.2) is 5.69 Å². The van der Waals surface area contributed by atoms with Crippen LogP contribution in [-0.4, -0.2) is 48.3 Å². The van der Waals surface area contributed by atoms with Crippen LogP contribution >= 0.6 is 0 Å². The number of alkyl halides is 4. The van der Waals surface area contributed by atoms with Crippen molar-refractivity contribution < 1.29 is 31.8 Å². The first-order chi connectivity index (χ1) is 19.5. The summed E-state index contributed by atoms with van der Waals surface area (Å²) in [4.78, 5) is 35.0. The summed E-state index contributed by atoms with van der Waals surface area (Å²) in [5, 5.41) is 13.2. The number of hydrogen-bond donors (Lipinski definition) is 2. The largest absolute Gasteiger partial charge is 0.347 e. The Morgan fingerprint density at radius 1 is 0.976 bits per heavy atom. The maximum atomic E-state index is 13.9. The number of hydrogen-bond acceptors (Lipinski definition) is 7. The molecule has 2 atom stereocenters. The lowest BCUT2D eigenvalue weighted by atomic mass is 9.79. The Hall–Kier alpha value is -3.58. The van der Waals surface area contributed by atoms with E-state index in [-0.39, 0.29) is 80.3 Å². The molecule has 3 aromatic rings. The van der Waals surface area contributed by atoms with Crippen LogP contribution in [0.4, 0.5) is 17.6 Å². The van der Waals surface area contributed by atoms with Crippen molar-refractivity contribution in [3.05, 3.63) is 41.2 Å². The Bertz CT molecular complexity index is 1440. The van der Waals surface area contributed by atoms with Gasteiger partial charge in [0, 0.05) is 44.5 Å². The molecule has 3 heterocycles. The molecule has 220 valence electrons. The van der Waals surface area contributed by atoms with Crippen molar-refractivity contribution in [1.29, 1.82) is 0 Å². The molecule has 3 aliphatic carbocycles. The first-order valence-corrected chi connectivity index (χ1v) is 14.0. The summed E-state index contributed by atoms with van der Waals surface area (Å²) < 4.78 is 60.6. The molecule has 2 amide bonds. The molecule has 0 radical (unpaired) electrons. The van der Waals surface area contributed by atoms with Gasteiger partial charge in [-0.05, 0) is 61.6 Å². The number of aryl methyl sites for hydroxylation is 1. The van der Waals surface area contributed by atoms with E-state index >= 15 is 0 Å². The SMILES string of the molecule is Cc1nonc1C(=O)N[C@H](c1cn2ccc([C@@H](NC(=O)CC3CC(F)(F)C3)C3CC3)nc2n1)C1CCC(F)(F)CC1. The topological polar surface area (TPSA) is 127 Å². The van der Waals surface area contributed by atoms with Gasteiger partial charge >= 0.3 is 0 Å². The van der Waals surface area contributed by atoms with Crippen LogP contribution in [0.15, 0.2) is 23.1 Å². The van der Waals surface area contributed by atoms with Crippen molar-refractivity contribution >= 4 is 17.6 Å². The third-order valence-corrected chi connectivity index (χ3v) is 8.45. The number of amides is 2. The number of nitrogens with zero attached hydrogens (tertiary/aromatic N) is 5. The van der Waals surface area contributed by atoms with Crippen LogP contribution < -0.4 is 10.6 Å². The highest BCUT2D eigenvalue weighted by Gasteiger charge is 2.46. The highest BCUT2D eigenvalue weighted by atomic mass is 19.3. The van der Waals surface area contributed by atoms with Crippen LogP contribution in [0.3, 0.4) is 0 Å². The second kappa shape index (κ2) is 10.4. The van der Waals surface area contributed by atoms with Gasteiger partial charge in [0.05, 0.1) is 23.5 Å². The molecule has 3 saturated carbocycles. The molecule has 0 unspecified atom stereocenters. The summed E-state index contributed by atoms with van der Waals surface area (Å²) in [5.74, 6) is -6.32. The molecule has 0 aliphatic heterocycles. The zero-order chi connectivity index (χ0) is 28.9. The fourth-order valence-electron chi connectivity index (χ4n) is 5.99. The fraction of sp³-hybridized carbons (Fsp3) is 0.630. The Balaban J connectivity index is 1.23. The van der Waals surface area contributed by atoms with Crippen LogP contribution in [0.5, 0.6) is 0 Å². The summed E-state index contributed by atoms with van der Waals surface area (Å²) in [6.45, 7) is 1.58. The molecule has 0 saturated heterocycles. The average molecular weight is 578 g/mol. The second-order valence-corrected chi connectivity index (χ2v) is 11.8. The van der Waals surface area contributed by atoms with E-state index in [1.54, 1.807) is 29.8 Å². The lowest BCUT2D eigenvalue weighted by Crippen LogP contribution is -2.39. The minimum absolute atomic E-state index is 0.00829. The average Bonchev–Trinajstić information content (AvgIpc) is 3.50. The Kier molecular flexibility index (Phi) is 6.97. The van der Waals surface area contributed by atoms with Crippen LogP contribution in [0.1, 0.15) is 97.4 Å². The van der Waals surface area contributed by atoms with Crippen molar-refractivity contribution in [2.45, 2.75) is 88.6 Å². The quantitative estimate of drug-likeness (QED) is 0.352. The third kappa shape index (κ3) is 6.05. The van der Waals surface area contributed by atoms with Gasteiger partial charge in [0.2, 0.25) is 23.5 Å². The number of halogens is 4. The first-order valence-electron chi connectivity index (χ1n) is 14.0. The number of fused-ring (bicyclic) bond motifs is 1. The highest BCUT2D eigenvalue weighted by Crippen LogP contribution is 2.45. The van der Waals surface area contributed by atoms with E-state index < -0.39 is 23.8 Å². The Morgan fingerprint density at radius 3 is 2.27 bits per heavy atom. The fourth-order valence-corrected chi connectivity index (χ4v) is 5.99. The molecule has 14 heteroatoms. The molecule has 6 rings (SSSR count). The molecule has 2 N–H and O–H groups in total. The van der Waals surface area contributed by atoms with Gasteiger partial charge in [0.1, 0.15) is 5.69 Å². The minimum atomic E-state index is -2.74. The summed E-state index contributed by atoms with van der Waals surface area (Å²) in [6.07, 6.45) is 4.63. The molecular weight excluding hydrogens is 546 g/mol. The van der Waals surface area contributed by atoms with Crippen LogP contribution in [-0.2, 0) is 4.79 Å². The van der Waals surface area contributed by atoms with Gasteiger partial charge in [-0.15, -0.1) is 0 Å². The second-order valence-electron chi connectivity index (χ2n) is 11.8. The normalized spacial score (nSPS) is 22.2. The summed E-state index contributed by atoms with van der Waals surface area (Å²) in [7, 11) is 0. The number of aromatic nitrogens is 5. The van der Waals surface area contributed by atoms with Gasteiger partial charge in [-0.25, -0.2) is 32.2 Å². The summed E-state index contributed by atoms with van der Waals surface area (Å²) in [6, 6.07) is 0.727. The molecule has 0 aromatic carbocycles. The van der Waals surface area contributed by atoms with Crippen molar-refractivity contribution in [3.63, 3.8) is 0 Å². The van der Waals surface area contributed by atoms with E-state index in [1.165, 1.54) is 0 Å². The number of carbonyl (C=O) groups excluding carboxylic acids is 2. The lowest BCUT2D eigenvalue weighted by Gasteiger charge is -2.34. The zero-order valence-corrected chi connectivity index (χ0v) is 22.5. The molecule has 0 bridgehead atoms. The van der Waals surface area contributed by atoms with Crippen molar-refractivity contribution in [1.82, 2.24) is 35.3 Å². The minimum Gasteiger partial charge on any atom is -0.347 e. The van der Waals surface area contributed by atoms with E-state index in [9.17, 15) is 27.2 Å². The molecule has 0 spiro atoms. The van der Waals surface area contributed by atoms with Crippen LogP contribution in [0.2, 0.25) is 0 Å². The summed E-state index contributed by atoms with van der Waals surface area (Å²) in [5.41, 5.74) is 1.38. The van der Waals surface area contributed by atoms with Crippen molar-refractivity contribution in [2.75, 3.05) is 0 Å². The molecule has 10 nitrogen and oxygen atoms in total. The number of imidazole rings is 1. The number of rotatable bonds is 9. The Morgan fingerprint density at radius 2 is 1.63 bits per heavy atom. The van der Waals surface area contributed by atoms with Gasteiger partial charge in [-0.2, -0.15) is 0 Å². The predicted octanol–water partition coefficient (Wildman–Crippen LogP) is 4.72. The van der Waals surface area contributed by atoms with E-state index in [4.69, 9.17) is 0 Å². The van der Waals surface area contributed by atoms with Crippen LogP contribution in [0.25, 0.3) is 5.78 Å². The molecule has 3 aromatic heterocycles. The van der Waals surface area contributed by atoms with Gasteiger partial charge in [0.25, 0.3) is 5.91 Å². The monoisotopic (exact) mass is 577 g/mol. The predicted molar refractivity (Wildman–Crippen MR) is 135 cm³/mol. The van der Waals surface area contributed by atoms with E-state index in [1.807, 2.05) is 0 Å². The zero-order valence-electron chi connectivity index (χ0n) is 22.5. The van der Waals surface area contributed by atoms with Gasteiger partial charge in [-0.3, -0.25) is 14.0 Å².